The topological polar surface area (TPSA) is 176 Å². The molecule has 2 aliphatic carbocycles. The number of aliphatic hydroxyl groups is 1. The molecule has 64 heavy (non-hydrogen) atoms. The summed E-state index contributed by atoms with van der Waals surface area (Å²) in [5, 5.41) is 28.2. The molecule has 0 spiro atoms. The van der Waals surface area contributed by atoms with Crippen molar-refractivity contribution in [3.63, 3.8) is 0 Å². The van der Waals surface area contributed by atoms with Crippen molar-refractivity contribution >= 4 is 0 Å². The quantitative estimate of drug-likeness (QED) is 0.0354. The first-order chi connectivity index (χ1) is 31.0. The minimum absolute atomic E-state index is 0.0178. The lowest BCUT2D eigenvalue weighted by atomic mass is 10.2. The summed E-state index contributed by atoms with van der Waals surface area (Å²) in [4.78, 5) is 2.71. The molecular weight excluding hydrogens is 839 g/mol. The van der Waals surface area contributed by atoms with Gasteiger partial charge < -0.3 is 33.5 Å². The fraction of sp³-hybridized carbons (Fsp3) is 0.304. The summed E-state index contributed by atoms with van der Waals surface area (Å²) in [7, 11) is 0. The molecule has 332 valence electrons. The molecule has 0 amide bonds. The van der Waals surface area contributed by atoms with E-state index in [0.717, 1.165) is 24.3 Å². The van der Waals surface area contributed by atoms with Gasteiger partial charge in [-0.05, 0) is 86.4 Å². The molecule has 2 fully saturated rings. The van der Waals surface area contributed by atoms with E-state index in [1.807, 2.05) is 12.1 Å². The van der Waals surface area contributed by atoms with Crippen LogP contribution in [0.5, 0.6) is 46.3 Å². The lowest BCUT2D eigenvalue weighted by molar-refractivity contribution is 0.192. The molecule has 2 saturated carbocycles. The Labute approximate surface area is 365 Å². The highest BCUT2D eigenvalue weighted by atomic mass is 19.1. The molecule has 0 aliphatic heterocycles. The third kappa shape index (κ3) is 13.2. The predicted molar refractivity (Wildman–Crippen MR) is 223 cm³/mol. The van der Waals surface area contributed by atoms with Crippen molar-refractivity contribution in [3.05, 3.63) is 153 Å². The Morgan fingerprint density at radius 2 is 1.00 bits per heavy atom. The van der Waals surface area contributed by atoms with Gasteiger partial charge in [-0.25, -0.2) is 17.6 Å². The average molecular weight is 882 g/mol. The van der Waals surface area contributed by atoms with Crippen molar-refractivity contribution < 1.29 is 51.1 Å². The summed E-state index contributed by atoms with van der Waals surface area (Å²) in [6, 6.07) is 23.8. The van der Waals surface area contributed by atoms with E-state index < -0.39 is 35.4 Å². The van der Waals surface area contributed by atoms with E-state index in [-0.39, 0.29) is 47.6 Å². The number of azide groups is 1. The molecule has 2 aliphatic rings. The summed E-state index contributed by atoms with van der Waals surface area (Å²) in [6.07, 6.45) is 3.96. The maximum Gasteiger partial charge on any atom is 0.233 e. The van der Waals surface area contributed by atoms with E-state index in [9.17, 15) is 22.7 Å². The molecule has 0 bridgehead atoms. The van der Waals surface area contributed by atoms with Crippen LogP contribution in [0.4, 0.5) is 17.6 Å². The maximum atomic E-state index is 14.6. The summed E-state index contributed by atoms with van der Waals surface area (Å²) >= 11 is 0. The highest BCUT2D eigenvalue weighted by Gasteiger charge is 2.23. The van der Waals surface area contributed by atoms with Gasteiger partial charge >= 0.3 is 0 Å². The fourth-order valence-electron chi connectivity index (χ4n) is 5.77. The number of nitrogens with zero attached hydrogens (tertiary/aromatic N) is 7. The molecule has 2 aromatic heterocycles. The monoisotopic (exact) mass is 881 g/mol. The average Bonchev–Trinajstić information content (AvgIpc) is 4.22. The first-order valence-corrected chi connectivity index (χ1v) is 20.4. The van der Waals surface area contributed by atoms with E-state index in [4.69, 9.17) is 34.0 Å². The van der Waals surface area contributed by atoms with Crippen LogP contribution in [0.1, 0.15) is 74.2 Å². The van der Waals surface area contributed by atoms with E-state index in [1.165, 1.54) is 43.9 Å². The Morgan fingerprint density at radius 1 is 0.578 bits per heavy atom. The van der Waals surface area contributed by atoms with E-state index in [1.54, 1.807) is 56.3 Å². The highest BCUT2D eigenvalue weighted by molar-refractivity contribution is 5.40. The van der Waals surface area contributed by atoms with Crippen molar-refractivity contribution in [1.29, 1.82) is 0 Å². The van der Waals surface area contributed by atoms with E-state index in [2.05, 4.69) is 30.4 Å². The Morgan fingerprint density at radius 3 is 1.38 bits per heavy atom. The minimum Gasteiger partial charge on any atom is -0.493 e. The molecular formula is C46H43F4N7O7. The van der Waals surface area contributed by atoms with Gasteiger partial charge in [-0.15, -0.1) is 15.3 Å². The Hall–Kier alpha value is -7.17. The molecule has 2 heterocycles. The molecule has 1 N–H and O–H groups in total. The molecule has 0 saturated heterocycles. The number of rotatable bonds is 19. The van der Waals surface area contributed by atoms with Gasteiger partial charge in [0.25, 0.3) is 0 Å². The van der Waals surface area contributed by atoms with Gasteiger partial charge in [-0.2, -0.15) is 5.10 Å². The molecule has 6 aromatic rings. The van der Waals surface area contributed by atoms with E-state index in [0.29, 0.717) is 59.4 Å². The van der Waals surface area contributed by atoms with Crippen LogP contribution in [0.2, 0.25) is 0 Å². The van der Waals surface area contributed by atoms with Crippen LogP contribution in [0.25, 0.3) is 10.4 Å². The van der Waals surface area contributed by atoms with Crippen molar-refractivity contribution in [2.24, 2.45) is 17.0 Å². The zero-order valence-corrected chi connectivity index (χ0v) is 34.7. The zero-order chi connectivity index (χ0) is 45.0. The minimum atomic E-state index is -0.812. The van der Waals surface area contributed by atoms with Crippen LogP contribution in [-0.2, 0) is 13.2 Å². The fourth-order valence-corrected chi connectivity index (χ4v) is 5.77. The van der Waals surface area contributed by atoms with Crippen LogP contribution in [-0.4, -0.2) is 38.7 Å². The molecule has 0 radical (unpaired) electrons. The smallest absolute Gasteiger partial charge is 0.233 e. The Balaban J connectivity index is 0.000000192. The Bertz CT molecular complexity index is 2510. The molecule has 4 aromatic carbocycles. The second kappa shape index (κ2) is 21.3. The zero-order valence-electron chi connectivity index (χ0n) is 34.7. The van der Waals surface area contributed by atoms with Gasteiger partial charge in [0, 0.05) is 53.4 Å². The van der Waals surface area contributed by atoms with Gasteiger partial charge in [0.05, 0.1) is 47.9 Å². The SMILES string of the molecule is CC(N=[N+]=[N-])c1ccc(OCc2c(F)cc(Oc3cccc(OCC4CC4)c3)cc2F)nn1.CC(O)c1ccc(OCc2c(F)cc(Oc3cccc(OCC4CC4)c3)cc2F)nn1. The number of hydrogen-bond donors (Lipinski definition) is 1. The maximum absolute atomic E-state index is 14.6. The normalized spacial score (nSPS) is 13.9. The molecule has 18 heteroatoms. The van der Waals surface area contributed by atoms with Crippen LogP contribution in [0.15, 0.2) is 102 Å². The third-order valence-electron chi connectivity index (χ3n) is 9.81. The van der Waals surface area contributed by atoms with Crippen molar-refractivity contribution in [2.75, 3.05) is 13.2 Å². The van der Waals surface area contributed by atoms with Gasteiger partial charge in [0.15, 0.2) is 0 Å². The number of aromatic nitrogens is 4. The first-order valence-electron chi connectivity index (χ1n) is 20.4. The first kappa shape index (κ1) is 44.9. The van der Waals surface area contributed by atoms with Gasteiger partial charge in [-0.3, -0.25) is 0 Å². The lowest BCUT2D eigenvalue weighted by Crippen LogP contribution is -2.05. The molecule has 2 unspecified atom stereocenters. The van der Waals surface area contributed by atoms with Gasteiger partial charge in [0.2, 0.25) is 11.8 Å². The largest absolute Gasteiger partial charge is 0.493 e. The van der Waals surface area contributed by atoms with Crippen molar-refractivity contribution in [1.82, 2.24) is 20.4 Å². The molecule has 14 nitrogen and oxygen atoms in total. The van der Waals surface area contributed by atoms with Crippen molar-refractivity contribution in [2.45, 2.75) is 64.9 Å². The van der Waals surface area contributed by atoms with Crippen LogP contribution in [0, 0.1) is 35.1 Å². The summed E-state index contributed by atoms with van der Waals surface area (Å²) in [6.45, 7) is 3.77. The van der Waals surface area contributed by atoms with Gasteiger partial charge in [-0.1, -0.05) is 24.2 Å². The summed E-state index contributed by atoms with van der Waals surface area (Å²) in [5.74, 6) is 0.339. The number of ether oxygens (including phenoxy) is 6. The Kier molecular flexibility index (Phi) is 14.9. The van der Waals surface area contributed by atoms with Gasteiger partial charge in [0.1, 0.15) is 71.0 Å². The van der Waals surface area contributed by atoms with Crippen LogP contribution in [0.3, 0.4) is 0 Å². The summed E-state index contributed by atoms with van der Waals surface area (Å²) in [5.41, 5.74) is 8.76. The predicted octanol–water partition coefficient (Wildman–Crippen LogP) is 11.3. The number of halogens is 4. The third-order valence-corrected chi connectivity index (χ3v) is 9.81. The second-order valence-electron chi connectivity index (χ2n) is 15.1. The number of benzene rings is 4. The number of aliphatic hydroxyl groups excluding tert-OH is 1. The number of hydrogen-bond acceptors (Lipinski definition) is 12. The van der Waals surface area contributed by atoms with Crippen LogP contribution >= 0.6 is 0 Å². The highest BCUT2D eigenvalue weighted by Crippen LogP contribution is 2.34. The second-order valence-corrected chi connectivity index (χ2v) is 15.1. The summed E-state index contributed by atoms with van der Waals surface area (Å²) < 4.78 is 91.4. The van der Waals surface area contributed by atoms with E-state index >= 15 is 0 Å². The van der Waals surface area contributed by atoms with Crippen LogP contribution < -0.4 is 28.4 Å². The molecule has 2 atom stereocenters. The molecule has 8 rings (SSSR count). The lowest BCUT2D eigenvalue weighted by Gasteiger charge is -2.12. The standard InChI is InChI=1S/C23H21F2N5O3.C23H22F2N2O4/c1-14(27-30-26)22-7-8-23(29-28-22)32-13-19-20(24)10-18(11-21(19)25)33-17-4-2-3-16(9-17)31-12-15-5-6-15;1-14(28)22-7-8-23(27-26-22)30-13-19-20(24)10-18(11-21(19)25)31-17-4-2-3-16(9-17)29-12-15-5-6-15/h2-4,7-11,14-15H,5-6,12-13H2,1H3;2-4,7-11,14-15,28H,5-6,12-13H2,1H3. The van der Waals surface area contributed by atoms with Crippen molar-refractivity contribution in [3.8, 4) is 46.3 Å².